The number of hydrogen-bond donors (Lipinski definition) is 2. The van der Waals surface area contributed by atoms with E-state index in [1.807, 2.05) is 0 Å². The highest BCUT2D eigenvalue weighted by Gasteiger charge is 2.30. The summed E-state index contributed by atoms with van der Waals surface area (Å²) in [5.74, 6) is 0.799. The minimum atomic E-state index is -0.194. The molecule has 0 aliphatic rings. The molecule has 0 fully saturated rings. The molecule has 2 aromatic carbocycles. The van der Waals surface area contributed by atoms with Crippen LogP contribution < -0.4 is 4.90 Å². The molecular weight excluding hydrogens is 418 g/mol. The van der Waals surface area contributed by atoms with Crippen molar-refractivity contribution in [2.24, 2.45) is 0 Å². The lowest BCUT2D eigenvalue weighted by atomic mass is 9.78. The molecule has 0 amide bonds. The van der Waals surface area contributed by atoms with Gasteiger partial charge >= 0.3 is 0 Å². The molecule has 2 rings (SSSR count). The van der Waals surface area contributed by atoms with Crippen molar-refractivity contribution in [3.63, 3.8) is 0 Å². The minimum absolute atomic E-state index is 0.194. The van der Waals surface area contributed by atoms with Crippen molar-refractivity contribution in [1.82, 2.24) is 0 Å². The summed E-state index contributed by atoms with van der Waals surface area (Å²) in [7, 11) is 0. The van der Waals surface area contributed by atoms with Gasteiger partial charge in [0, 0.05) is 40.2 Å². The minimum Gasteiger partial charge on any atom is -0.507 e. The standard InChI is InChI=1S/C31H49NO2/c1-14-15-32(20-16-22(28(2,3)4)26(33)23(17-20)29(5,6)7)21-18-24(30(8,9)10)27(34)25(19-21)31(11,12)13/h16-19,33-34H,14-15H2,1-13H3. The second-order valence-corrected chi connectivity index (χ2v) is 13.9. The Morgan fingerprint density at radius 1 is 0.529 bits per heavy atom. The van der Waals surface area contributed by atoms with Crippen molar-refractivity contribution >= 4 is 11.4 Å². The van der Waals surface area contributed by atoms with Gasteiger partial charge in [0.15, 0.2) is 0 Å². The van der Waals surface area contributed by atoms with Gasteiger partial charge in [0.2, 0.25) is 0 Å². The van der Waals surface area contributed by atoms with Gasteiger partial charge in [0.05, 0.1) is 0 Å². The third-order valence-corrected chi connectivity index (χ3v) is 6.49. The largest absolute Gasteiger partial charge is 0.507 e. The van der Waals surface area contributed by atoms with Crippen LogP contribution in [0.5, 0.6) is 11.5 Å². The summed E-state index contributed by atoms with van der Waals surface area (Å²) in [5.41, 5.74) is 5.23. The molecular formula is C31H49NO2. The fourth-order valence-corrected chi connectivity index (χ4v) is 4.47. The summed E-state index contributed by atoms with van der Waals surface area (Å²) in [6.07, 6.45) is 0.979. The average molecular weight is 468 g/mol. The van der Waals surface area contributed by atoms with Gasteiger partial charge in [0.1, 0.15) is 11.5 Å². The third kappa shape index (κ3) is 5.90. The molecule has 0 heterocycles. The summed E-state index contributed by atoms with van der Waals surface area (Å²) >= 11 is 0. The summed E-state index contributed by atoms with van der Waals surface area (Å²) in [6.45, 7) is 28.9. The van der Waals surface area contributed by atoms with E-state index in [9.17, 15) is 10.2 Å². The summed E-state index contributed by atoms with van der Waals surface area (Å²) in [5, 5.41) is 22.5. The molecule has 0 radical (unpaired) electrons. The van der Waals surface area contributed by atoms with Gasteiger partial charge in [0.25, 0.3) is 0 Å². The van der Waals surface area contributed by atoms with Gasteiger partial charge < -0.3 is 15.1 Å². The molecule has 0 atom stereocenters. The van der Waals surface area contributed by atoms with Crippen LogP contribution in [0.4, 0.5) is 11.4 Å². The first-order valence-corrected chi connectivity index (χ1v) is 12.7. The highest BCUT2D eigenvalue weighted by atomic mass is 16.3. The molecule has 190 valence electrons. The molecule has 0 bridgehead atoms. The number of phenolic OH excluding ortho intramolecular Hbond substituents is 2. The van der Waals surface area contributed by atoms with Gasteiger partial charge in [-0.25, -0.2) is 0 Å². The molecule has 3 nitrogen and oxygen atoms in total. The molecule has 0 unspecified atom stereocenters. The fourth-order valence-electron chi connectivity index (χ4n) is 4.47. The van der Waals surface area contributed by atoms with Crippen LogP contribution in [0.25, 0.3) is 0 Å². The van der Waals surface area contributed by atoms with E-state index in [1.54, 1.807) is 0 Å². The normalized spacial score (nSPS) is 13.3. The Morgan fingerprint density at radius 2 is 0.765 bits per heavy atom. The smallest absolute Gasteiger partial charge is 0.123 e. The first kappa shape index (κ1) is 28.1. The van der Waals surface area contributed by atoms with Crippen LogP contribution in [0.1, 0.15) is 119 Å². The van der Waals surface area contributed by atoms with Crippen molar-refractivity contribution in [3.8, 4) is 11.5 Å². The van der Waals surface area contributed by atoms with Crippen LogP contribution in [-0.2, 0) is 21.7 Å². The zero-order valence-electron chi connectivity index (χ0n) is 24.1. The zero-order valence-corrected chi connectivity index (χ0v) is 24.1. The first-order chi connectivity index (χ1) is 15.2. The quantitative estimate of drug-likeness (QED) is 0.472. The average Bonchev–Trinajstić information content (AvgIpc) is 2.63. The van der Waals surface area contributed by atoms with Gasteiger partial charge in [-0.1, -0.05) is 90.0 Å². The van der Waals surface area contributed by atoms with E-state index in [4.69, 9.17) is 0 Å². The van der Waals surface area contributed by atoms with Gasteiger partial charge in [-0.15, -0.1) is 0 Å². The van der Waals surface area contributed by atoms with Crippen LogP contribution in [0.3, 0.4) is 0 Å². The molecule has 2 aromatic rings. The molecule has 2 N–H and O–H groups in total. The monoisotopic (exact) mass is 467 g/mol. The van der Waals surface area contributed by atoms with Crippen LogP contribution in [0.2, 0.25) is 0 Å². The second kappa shape index (κ2) is 9.13. The Labute approximate surface area is 209 Å². The van der Waals surface area contributed by atoms with Crippen molar-refractivity contribution in [2.45, 2.75) is 118 Å². The molecule has 34 heavy (non-hydrogen) atoms. The Hall–Kier alpha value is -2.16. The van der Waals surface area contributed by atoms with E-state index in [-0.39, 0.29) is 21.7 Å². The van der Waals surface area contributed by atoms with Crippen molar-refractivity contribution in [2.75, 3.05) is 11.4 Å². The Kier molecular flexibility index (Phi) is 7.54. The molecule has 0 aromatic heterocycles. The third-order valence-electron chi connectivity index (χ3n) is 6.49. The lowest BCUT2D eigenvalue weighted by Gasteiger charge is -2.34. The van der Waals surface area contributed by atoms with Crippen LogP contribution in [-0.4, -0.2) is 16.8 Å². The summed E-state index contributed by atoms with van der Waals surface area (Å²) < 4.78 is 0. The molecule has 0 saturated heterocycles. The van der Waals surface area contributed by atoms with E-state index >= 15 is 0 Å². The van der Waals surface area contributed by atoms with Crippen molar-refractivity contribution < 1.29 is 10.2 Å². The lowest BCUT2D eigenvalue weighted by Crippen LogP contribution is -2.24. The van der Waals surface area contributed by atoms with E-state index < -0.39 is 0 Å². The number of hydrogen-bond acceptors (Lipinski definition) is 3. The molecule has 0 aliphatic heterocycles. The van der Waals surface area contributed by atoms with E-state index in [0.717, 1.165) is 46.6 Å². The molecule has 0 saturated carbocycles. The maximum Gasteiger partial charge on any atom is 0.123 e. The number of rotatable bonds is 4. The Bertz CT molecular complexity index is 870. The summed E-state index contributed by atoms with van der Waals surface area (Å²) in [6, 6.07) is 8.61. The SMILES string of the molecule is CCCN(c1cc(C(C)(C)C)c(O)c(C(C)(C)C)c1)c1cc(C(C)(C)C)c(O)c(C(C)(C)C)c1. The number of nitrogens with zero attached hydrogens (tertiary/aromatic N) is 1. The van der Waals surface area contributed by atoms with E-state index in [0.29, 0.717) is 11.5 Å². The molecule has 0 spiro atoms. The second-order valence-electron chi connectivity index (χ2n) is 13.9. The number of phenols is 2. The zero-order chi connectivity index (χ0) is 26.4. The first-order valence-electron chi connectivity index (χ1n) is 12.7. The summed E-state index contributed by atoms with van der Waals surface area (Å²) in [4.78, 5) is 2.36. The van der Waals surface area contributed by atoms with Gasteiger partial charge in [-0.3, -0.25) is 0 Å². The van der Waals surface area contributed by atoms with Crippen LogP contribution in [0.15, 0.2) is 24.3 Å². The van der Waals surface area contributed by atoms with Crippen molar-refractivity contribution in [1.29, 1.82) is 0 Å². The maximum atomic E-state index is 11.3. The fraction of sp³-hybridized carbons (Fsp3) is 0.613. The predicted octanol–water partition coefficient (Wildman–Crippen LogP) is 8.84. The number of anilines is 2. The molecule has 3 heteroatoms. The van der Waals surface area contributed by atoms with Crippen LogP contribution >= 0.6 is 0 Å². The molecule has 0 aliphatic carbocycles. The predicted molar refractivity (Wildman–Crippen MR) is 148 cm³/mol. The lowest BCUT2D eigenvalue weighted by molar-refractivity contribution is 0.423. The number of benzene rings is 2. The Morgan fingerprint density at radius 3 is 0.941 bits per heavy atom. The number of aromatic hydroxyl groups is 2. The van der Waals surface area contributed by atoms with E-state index in [1.165, 1.54) is 0 Å². The van der Waals surface area contributed by atoms with Crippen molar-refractivity contribution in [3.05, 3.63) is 46.5 Å². The maximum absolute atomic E-state index is 11.3. The van der Waals surface area contributed by atoms with Gasteiger partial charge in [-0.2, -0.15) is 0 Å². The Balaban J connectivity index is 2.94. The van der Waals surface area contributed by atoms with Crippen LogP contribution in [0, 0.1) is 0 Å². The highest BCUT2D eigenvalue weighted by Crippen LogP contribution is 2.46. The van der Waals surface area contributed by atoms with E-state index in [2.05, 4.69) is 119 Å². The topological polar surface area (TPSA) is 43.7 Å². The highest BCUT2D eigenvalue weighted by molar-refractivity contribution is 5.71. The van der Waals surface area contributed by atoms with Gasteiger partial charge in [-0.05, 0) is 52.3 Å².